The van der Waals surface area contributed by atoms with Crippen molar-refractivity contribution >= 4 is 14.1 Å². The molecule has 0 bridgehead atoms. The summed E-state index contributed by atoms with van der Waals surface area (Å²) < 4.78 is 11.3. The quantitative estimate of drug-likeness (QED) is 0.681. The molecular formula is C11H20O3Si. The highest BCUT2D eigenvalue weighted by molar-refractivity contribution is 6.74. The van der Waals surface area contributed by atoms with Crippen molar-refractivity contribution in [2.75, 3.05) is 6.61 Å². The van der Waals surface area contributed by atoms with Crippen LogP contribution in [-0.4, -0.2) is 27.0 Å². The van der Waals surface area contributed by atoms with E-state index in [0.717, 1.165) is 0 Å². The monoisotopic (exact) mass is 228 g/mol. The summed E-state index contributed by atoms with van der Waals surface area (Å²) in [5.41, 5.74) is 0. The van der Waals surface area contributed by atoms with Gasteiger partial charge in [0.25, 0.3) is 0 Å². The Morgan fingerprint density at radius 2 is 2.07 bits per heavy atom. The molecule has 0 saturated carbocycles. The maximum absolute atomic E-state index is 10.9. The molecule has 4 heteroatoms. The number of carbonyl (C=O) groups excluding carboxylic acids is 1. The standard InChI is InChI=1S/C11H20O3Si/c1-11(2,3)15(4,5)14-10-7-6-9(12)8-13-10/h6-7,10H,8H2,1-5H3. The van der Waals surface area contributed by atoms with Crippen LogP contribution in [0.1, 0.15) is 20.8 Å². The summed E-state index contributed by atoms with van der Waals surface area (Å²) in [5, 5.41) is 0.158. The lowest BCUT2D eigenvalue weighted by molar-refractivity contribution is -0.129. The highest BCUT2D eigenvalue weighted by Crippen LogP contribution is 2.37. The molecule has 0 N–H and O–H groups in total. The second-order valence-corrected chi connectivity index (χ2v) is 10.1. The Balaban J connectivity index is 2.63. The van der Waals surface area contributed by atoms with Crippen LogP contribution < -0.4 is 0 Å². The second kappa shape index (κ2) is 4.20. The number of rotatable bonds is 2. The third-order valence-corrected chi connectivity index (χ3v) is 7.48. The zero-order valence-corrected chi connectivity index (χ0v) is 11.2. The van der Waals surface area contributed by atoms with Gasteiger partial charge in [-0.25, -0.2) is 0 Å². The van der Waals surface area contributed by atoms with Crippen LogP contribution in [0.2, 0.25) is 18.1 Å². The van der Waals surface area contributed by atoms with Crippen LogP contribution in [-0.2, 0) is 14.0 Å². The van der Waals surface area contributed by atoms with Crippen molar-refractivity contribution in [3.8, 4) is 0 Å². The molecule has 1 unspecified atom stereocenters. The van der Waals surface area contributed by atoms with E-state index in [1.807, 2.05) is 0 Å². The predicted molar refractivity (Wildman–Crippen MR) is 62.2 cm³/mol. The minimum Gasteiger partial charge on any atom is -0.389 e. The molecule has 0 aromatic heterocycles. The van der Waals surface area contributed by atoms with Crippen molar-refractivity contribution in [1.82, 2.24) is 0 Å². The molecular weight excluding hydrogens is 208 g/mol. The molecule has 86 valence electrons. The van der Waals surface area contributed by atoms with E-state index in [-0.39, 0.29) is 23.7 Å². The SMILES string of the molecule is CC(C)(C)[Si](C)(C)OC1C=CC(=O)CO1. The molecule has 3 nitrogen and oxygen atoms in total. The summed E-state index contributed by atoms with van der Waals surface area (Å²) in [5.74, 6) is 0.00471. The lowest BCUT2D eigenvalue weighted by Gasteiger charge is -2.38. The predicted octanol–water partition coefficient (Wildman–Crippen LogP) is 2.49. The van der Waals surface area contributed by atoms with Gasteiger partial charge >= 0.3 is 0 Å². The van der Waals surface area contributed by atoms with Crippen LogP contribution in [0.15, 0.2) is 12.2 Å². The van der Waals surface area contributed by atoms with Crippen molar-refractivity contribution in [2.45, 2.75) is 45.2 Å². The number of hydrogen-bond donors (Lipinski definition) is 0. The van der Waals surface area contributed by atoms with Gasteiger partial charge in [0.2, 0.25) is 0 Å². The highest BCUT2D eigenvalue weighted by atomic mass is 28.4. The maximum atomic E-state index is 10.9. The Morgan fingerprint density at radius 3 is 2.47 bits per heavy atom. The van der Waals surface area contributed by atoms with Crippen molar-refractivity contribution in [2.24, 2.45) is 0 Å². The van der Waals surface area contributed by atoms with Crippen LogP contribution in [0.4, 0.5) is 0 Å². The van der Waals surface area contributed by atoms with E-state index in [4.69, 9.17) is 9.16 Å². The molecule has 0 amide bonds. The summed E-state index contributed by atoms with van der Waals surface area (Å²) >= 11 is 0. The van der Waals surface area contributed by atoms with Crippen LogP contribution >= 0.6 is 0 Å². The number of ether oxygens (including phenoxy) is 1. The Labute approximate surface area is 92.6 Å². The molecule has 0 aromatic carbocycles. The number of carbonyl (C=O) groups is 1. The smallest absolute Gasteiger partial charge is 0.195 e. The van der Waals surface area contributed by atoms with Crippen molar-refractivity contribution in [3.63, 3.8) is 0 Å². The average molecular weight is 228 g/mol. The average Bonchev–Trinajstić information content (AvgIpc) is 2.06. The van der Waals surface area contributed by atoms with E-state index in [9.17, 15) is 4.79 Å². The fraction of sp³-hybridized carbons (Fsp3) is 0.727. The molecule has 1 aliphatic rings. The number of hydrogen-bond acceptors (Lipinski definition) is 3. The first-order valence-electron chi connectivity index (χ1n) is 5.23. The van der Waals surface area contributed by atoms with E-state index in [1.54, 1.807) is 12.2 Å². The molecule has 0 aromatic rings. The highest BCUT2D eigenvalue weighted by Gasteiger charge is 2.39. The van der Waals surface area contributed by atoms with Crippen molar-refractivity contribution in [3.05, 3.63) is 12.2 Å². The number of ketones is 1. The van der Waals surface area contributed by atoms with Gasteiger partial charge in [0.05, 0.1) is 0 Å². The third kappa shape index (κ3) is 3.26. The zero-order chi connectivity index (χ0) is 11.7. The third-order valence-electron chi connectivity index (χ3n) is 3.05. The molecule has 0 spiro atoms. The van der Waals surface area contributed by atoms with E-state index >= 15 is 0 Å². The van der Waals surface area contributed by atoms with Gasteiger partial charge in [-0.3, -0.25) is 4.79 Å². The Hall–Kier alpha value is -0.453. The van der Waals surface area contributed by atoms with E-state index in [1.165, 1.54) is 0 Å². The van der Waals surface area contributed by atoms with Gasteiger partial charge in [0, 0.05) is 0 Å². The summed E-state index contributed by atoms with van der Waals surface area (Å²) in [6.07, 6.45) is 2.90. The molecule has 1 aliphatic heterocycles. The van der Waals surface area contributed by atoms with Gasteiger partial charge in [-0.05, 0) is 30.3 Å². The second-order valence-electron chi connectivity index (χ2n) is 5.38. The molecule has 0 saturated heterocycles. The first-order valence-corrected chi connectivity index (χ1v) is 8.14. The van der Waals surface area contributed by atoms with Gasteiger partial charge in [-0.2, -0.15) is 0 Å². The van der Waals surface area contributed by atoms with Crippen molar-refractivity contribution < 1.29 is 14.0 Å². The van der Waals surface area contributed by atoms with Gasteiger partial charge in [0.1, 0.15) is 6.61 Å². The van der Waals surface area contributed by atoms with Crippen LogP contribution in [0, 0.1) is 0 Å². The van der Waals surface area contributed by atoms with E-state index in [2.05, 4.69) is 33.9 Å². The van der Waals surface area contributed by atoms with Crippen molar-refractivity contribution in [1.29, 1.82) is 0 Å². The topological polar surface area (TPSA) is 35.5 Å². The molecule has 0 fully saturated rings. The molecule has 0 radical (unpaired) electrons. The van der Waals surface area contributed by atoms with Crippen LogP contribution in [0.25, 0.3) is 0 Å². The largest absolute Gasteiger partial charge is 0.389 e. The first kappa shape index (κ1) is 12.6. The maximum Gasteiger partial charge on any atom is 0.195 e. The van der Waals surface area contributed by atoms with Gasteiger partial charge in [-0.15, -0.1) is 0 Å². The van der Waals surface area contributed by atoms with Gasteiger partial charge in [0.15, 0.2) is 20.4 Å². The lowest BCUT2D eigenvalue weighted by Crippen LogP contribution is -2.45. The fourth-order valence-electron chi connectivity index (χ4n) is 0.994. The van der Waals surface area contributed by atoms with Gasteiger partial charge < -0.3 is 9.16 Å². The Morgan fingerprint density at radius 1 is 1.47 bits per heavy atom. The Kier molecular flexibility index (Phi) is 3.53. The molecule has 1 heterocycles. The fourth-order valence-corrected chi connectivity index (χ4v) is 2.08. The molecule has 0 aliphatic carbocycles. The summed E-state index contributed by atoms with van der Waals surface area (Å²) in [6, 6.07) is 0. The van der Waals surface area contributed by atoms with E-state index in [0.29, 0.717) is 0 Å². The summed E-state index contributed by atoms with van der Waals surface area (Å²) in [6.45, 7) is 11.0. The van der Waals surface area contributed by atoms with Gasteiger partial charge in [-0.1, -0.05) is 20.8 Å². The summed E-state index contributed by atoms with van der Waals surface area (Å²) in [4.78, 5) is 10.9. The minimum atomic E-state index is -1.80. The molecule has 1 rings (SSSR count). The molecule has 15 heavy (non-hydrogen) atoms. The summed E-state index contributed by atoms with van der Waals surface area (Å²) in [7, 11) is -1.80. The Bertz CT molecular complexity index is 276. The van der Waals surface area contributed by atoms with E-state index < -0.39 is 8.32 Å². The minimum absolute atomic E-state index is 0.00471. The zero-order valence-electron chi connectivity index (χ0n) is 10.2. The van der Waals surface area contributed by atoms with Crippen LogP contribution in [0.3, 0.4) is 0 Å². The molecule has 1 atom stereocenters. The van der Waals surface area contributed by atoms with Crippen LogP contribution in [0.5, 0.6) is 0 Å². The lowest BCUT2D eigenvalue weighted by atomic mass is 10.2. The first-order chi connectivity index (χ1) is 6.72. The normalized spacial score (nSPS) is 23.3.